The summed E-state index contributed by atoms with van der Waals surface area (Å²) in [6, 6.07) is 0. The average molecular weight is 339 g/mol. The van der Waals surface area contributed by atoms with E-state index in [0.717, 1.165) is 23.5 Å². The number of hydrogen-bond donors (Lipinski definition) is 0. The van der Waals surface area contributed by atoms with Crippen LogP contribution in [0.15, 0.2) is 11.6 Å². The molecular formula is C15H19ClN4OS. The van der Waals surface area contributed by atoms with E-state index >= 15 is 0 Å². The van der Waals surface area contributed by atoms with Gasteiger partial charge in [0.15, 0.2) is 0 Å². The van der Waals surface area contributed by atoms with Crippen molar-refractivity contribution in [1.29, 1.82) is 0 Å². The zero-order valence-corrected chi connectivity index (χ0v) is 14.2. The molecule has 118 valence electrons. The number of rotatable bonds is 5. The molecule has 0 saturated carbocycles. The lowest BCUT2D eigenvalue weighted by atomic mass is 9.96. The second-order valence-electron chi connectivity index (χ2n) is 5.51. The Morgan fingerprint density at radius 3 is 2.95 bits per heavy atom. The van der Waals surface area contributed by atoms with Crippen LogP contribution in [-0.2, 0) is 37.8 Å². The number of nitrogens with zero attached hydrogens (tertiary/aromatic N) is 4. The fraction of sp³-hybridized carbons (Fsp3) is 0.533. The predicted octanol–water partition coefficient (Wildman–Crippen LogP) is 2.52. The van der Waals surface area contributed by atoms with Crippen LogP contribution in [0, 0.1) is 0 Å². The lowest BCUT2D eigenvalue weighted by molar-refractivity contribution is -0.129. The van der Waals surface area contributed by atoms with E-state index in [4.69, 9.17) is 11.6 Å². The normalized spacial score (nSPS) is 13.9. The van der Waals surface area contributed by atoms with Crippen molar-refractivity contribution >= 4 is 28.8 Å². The molecule has 1 amide bonds. The van der Waals surface area contributed by atoms with Crippen LogP contribution in [0.25, 0.3) is 0 Å². The molecule has 22 heavy (non-hydrogen) atoms. The van der Waals surface area contributed by atoms with Crippen molar-refractivity contribution < 1.29 is 4.79 Å². The summed E-state index contributed by atoms with van der Waals surface area (Å²) in [6.07, 6.45) is 6.25. The van der Waals surface area contributed by atoms with Gasteiger partial charge in [-0.3, -0.25) is 9.48 Å². The minimum atomic E-state index is -0.0670. The van der Waals surface area contributed by atoms with E-state index in [0.29, 0.717) is 13.1 Å². The smallest absolute Gasteiger partial charge is 0.238 e. The highest BCUT2D eigenvalue weighted by molar-refractivity contribution is 7.09. The van der Waals surface area contributed by atoms with Gasteiger partial charge in [-0.1, -0.05) is 0 Å². The fourth-order valence-corrected chi connectivity index (χ4v) is 3.74. The van der Waals surface area contributed by atoms with Gasteiger partial charge in [0, 0.05) is 18.6 Å². The van der Waals surface area contributed by atoms with E-state index in [1.165, 1.54) is 24.1 Å². The molecule has 0 unspecified atom stereocenters. The van der Waals surface area contributed by atoms with Crippen LogP contribution in [0.2, 0.25) is 0 Å². The summed E-state index contributed by atoms with van der Waals surface area (Å²) >= 11 is 7.33. The molecule has 0 atom stereocenters. The second kappa shape index (κ2) is 6.79. The van der Waals surface area contributed by atoms with Crippen LogP contribution in [0.4, 0.5) is 0 Å². The van der Waals surface area contributed by atoms with E-state index in [1.807, 2.05) is 17.1 Å². The molecule has 1 aliphatic rings. The Labute approximate surface area is 138 Å². The van der Waals surface area contributed by atoms with E-state index in [1.54, 1.807) is 22.4 Å². The third-order valence-electron chi connectivity index (χ3n) is 4.07. The van der Waals surface area contributed by atoms with Crippen molar-refractivity contribution in [1.82, 2.24) is 19.7 Å². The molecule has 0 spiro atoms. The van der Waals surface area contributed by atoms with Crippen molar-refractivity contribution in [3.63, 3.8) is 0 Å². The quantitative estimate of drug-likeness (QED) is 0.787. The van der Waals surface area contributed by atoms with Gasteiger partial charge < -0.3 is 4.90 Å². The summed E-state index contributed by atoms with van der Waals surface area (Å²) in [5.41, 5.74) is 3.64. The Morgan fingerprint density at radius 2 is 2.23 bits per heavy atom. The molecule has 0 radical (unpaired) electrons. The maximum absolute atomic E-state index is 12.2. The number of aryl methyl sites for hydroxylation is 2. The molecule has 0 fully saturated rings. The number of thiazole rings is 1. The third-order valence-corrected chi connectivity index (χ3v) is 5.06. The van der Waals surface area contributed by atoms with Crippen molar-refractivity contribution in [2.24, 2.45) is 7.05 Å². The first-order valence-corrected chi connectivity index (χ1v) is 8.86. The van der Waals surface area contributed by atoms with E-state index in [9.17, 15) is 4.79 Å². The lowest BCUT2D eigenvalue weighted by Gasteiger charge is -2.22. The van der Waals surface area contributed by atoms with Crippen LogP contribution in [-0.4, -0.2) is 31.5 Å². The highest BCUT2D eigenvalue weighted by Gasteiger charge is 2.23. The second-order valence-corrected chi connectivity index (χ2v) is 6.76. The van der Waals surface area contributed by atoms with Gasteiger partial charge in [0.2, 0.25) is 5.91 Å². The maximum Gasteiger partial charge on any atom is 0.238 e. The number of halogens is 1. The maximum atomic E-state index is 12.2. The van der Waals surface area contributed by atoms with Crippen LogP contribution in [0.3, 0.4) is 0 Å². The molecule has 2 heterocycles. The summed E-state index contributed by atoms with van der Waals surface area (Å²) in [6.45, 7) is 1.05. The molecule has 0 aliphatic heterocycles. The molecule has 5 nitrogen and oxygen atoms in total. The number of alkyl halides is 1. The van der Waals surface area contributed by atoms with Crippen molar-refractivity contribution in [2.45, 2.75) is 38.8 Å². The van der Waals surface area contributed by atoms with Gasteiger partial charge >= 0.3 is 0 Å². The molecule has 7 heteroatoms. The number of aromatic nitrogens is 3. The zero-order chi connectivity index (χ0) is 15.5. The van der Waals surface area contributed by atoms with Gasteiger partial charge in [-0.25, -0.2) is 4.98 Å². The van der Waals surface area contributed by atoms with Crippen LogP contribution in [0.1, 0.15) is 34.8 Å². The van der Waals surface area contributed by atoms with Gasteiger partial charge in [0.25, 0.3) is 0 Å². The van der Waals surface area contributed by atoms with Gasteiger partial charge in [-0.05, 0) is 31.2 Å². The fourth-order valence-electron chi connectivity index (χ4n) is 2.94. The first-order valence-electron chi connectivity index (χ1n) is 7.44. The topological polar surface area (TPSA) is 51.0 Å². The van der Waals surface area contributed by atoms with Crippen molar-refractivity contribution in [3.8, 4) is 0 Å². The molecular weight excluding hydrogens is 320 g/mol. The highest BCUT2D eigenvalue weighted by Crippen LogP contribution is 2.25. The molecule has 3 rings (SSSR count). The summed E-state index contributed by atoms with van der Waals surface area (Å²) in [5, 5.41) is 7.47. The lowest BCUT2D eigenvalue weighted by Crippen LogP contribution is -2.32. The van der Waals surface area contributed by atoms with Crippen LogP contribution < -0.4 is 0 Å². The highest BCUT2D eigenvalue weighted by atomic mass is 35.5. The number of amides is 1. The molecule has 2 aromatic rings. The monoisotopic (exact) mass is 338 g/mol. The number of carbonyl (C=O) groups excluding carboxylic acids is 1. The molecule has 2 aromatic heterocycles. The van der Waals surface area contributed by atoms with E-state index < -0.39 is 0 Å². The summed E-state index contributed by atoms with van der Waals surface area (Å²) in [7, 11) is 1.96. The number of hydrogen-bond acceptors (Lipinski definition) is 4. The Hall–Kier alpha value is -1.40. The zero-order valence-electron chi connectivity index (χ0n) is 12.6. The third kappa shape index (κ3) is 3.17. The van der Waals surface area contributed by atoms with Gasteiger partial charge in [-0.2, -0.15) is 5.10 Å². The first kappa shape index (κ1) is 15.5. The Bertz CT molecular complexity index is 653. The molecule has 0 aromatic carbocycles. The summed E-state index contributed by atoms with van der Waals surface area (Å²) in [4.78, 5) is 18.2. The molecule has 0 N–H and O–H groups in total. The molecule has 0 bridgehead atoms. The minimum absolute atomic E-state index is 0.00851. The molecule has 1 aliphatic carbocycles. The van der Waals surface area contributed by atoms with Crippen LogP contribution in [0.5, 0.6) is 0 Å². The van der Waals surface area contributed by atoms with E-state index in [-0.39, 0.29) is 11.8 Å². The van der Waals surface area contributed by atoms with Crippen molar-refractivity contribution in [2.75, 3.05) is 5.88 Å². The molecule has 0 saturated heterocycles. The predicted molar refractivity (Wildman–Crippen MR) is 86.9 cm³/mol. The summed E-state index contributed by atoms with van der Waals surface area (Å²) in [5.74, 6) is -0.0755. The van der Waals surface area contributed by atoms with E-state index in [2.05, 4.69) is 10.1 Å². The number of fused-ring (bicyclic) bond motifs is 1. The Morgan fingerprint density at radius 1 is 1.41 bits per heavy atom. The van der Waals surface area contributed by atoms with Crippen molar-refractivity contribution in [3.05, 3.63) is 33.5 Å². The Kier molecular flexibility index (Phi) is 4.78. The van der Waals surface area contributed by atoms with Gasteiger partial charge in [0.1, 0.15) is 10.9 Å². The number of carbonyl (C=O) groups is 1. The van der Waals surface area contributed by atoms with Gasteiger partial charge in [-0.15, -0.1) is 22.9 Å². The largest absolute Gasteiger partial charge is 0.329 e. The first-order chi connectivity index (χ1) is 10.7. The Balaban J connectivity index is 1.84. The standard InChI is InChI=1S/C15H19ClN4OS/c1-19-13(11-4-2-3-5-12(11)18-19)9-20(15(21)8-16)10-14-17-6-7-22-14/h6-7H,2-5,8-10H2,1H3. The van der Waals surface area contributed by atoms with Crippen LogP contribution >= 0.6 is 22.9 Å². The average Bonchev–Trinajstić information content (AvgIpc) is 3.14. The SMILES string of the molecule is Cn1nc2c(c1CN(Cc1nccs1)C(=O)CCl)CCCC2. The van der Waals surface area contributed by atoms with Gasteiger partial charge in [0.05, 0.1) is 24.5 Å². The minimum Gasteiger partial charge on any atom is -0.329 e. The summed E-state index contributed by atoms with van der Waals surface area (Å²) < 4.78 is 1.92.